The lowest BCUT2D eigenvalue weighted by Crippen LogP contribution is -2.33. The summed E-state index contributed by atoms with van der Waals surface area (Å²) in [6, 6.07) is 4.02. The summed E-state index contributed by atoms with van der Waals surface area (Å²) in [5.41, 5.74) is 3.75. The highest BCUT2D eigenvalue weighted by Crippen LogP contribution is 2.22. The van der Waals surface area contributed by atoms with Crippen LogP contribution in [0, 0.1) is 0 Å². The number of ether oxygens (including phenoxy) is 1. The molecule has 1 aromatic heterocycles. The van der Waals surface area contributed by atoms with E-state index in [4.69, 9.17) is 17.0 Å². The van der Waals surface area contributed by atoms with Crippen molar-refractivity contribution in [1.29, 1.82) is 0 Å². The predicted octanol–water partition coefficient (Wildman–Crippen LogP) is 3.13. The third-order valence-corrected chi connectivity index (χ3v) is 4.18. The normalized spacial score (nSPS) is 11.4. The number of hydrogen-bond donors (Lipinski definition) is 2. The molecular weight excluding hydrogens is 346 g/mol. The van der Waals surface area contributed by atoms with E-state index in [1.165, 1.54) is 0 Å². The molecule has 7 heteroatoms. The summed E-state index contributed by atoms with van der Waals surface area (Å²) < 4.78 is 6.33. The van der Waals surface area contributed by atoms with Crippen molar-refractivity contribution in [3.63, 3.8) is 0 Å². The number of rotatable bonds is 7. The Morgan fingerprint density at radius 3 is 2.95 bits per heavy atom. The first-order valence-electron chi connectivity index (χ1n) is 6.05. The molecule has 4 nitrogen and oxygen atoms in total. The van der Waals surface area contributed by atoms with Gasteiger partial charge in [0.05, 0.1) is 14.4 Å². The average Bonchev–Trinajstić information content (AvgIpc) is 2.82. The fourth-order valence-corrected chi connectivity index (χ4v) is 2.74. The third kappa shape index (κ3) is 7.00. The number of halogens is 1. The van der Waals surface area contributed by atoms with Crippen LogP contribution in [-0.4, -0.2) is 30.6 Å². The maximum Gasteiger partial charge on any atom is 0.186 e. The first-order chi connectivity index (χ1) is 9.13. The van der Waals surface area contributed by atoms with Gasteiger partial charge in [-0.2, -0.15) is 5.10 Å². The standard InChI is InChI=1S/C12H18BrN3OS2/c1-3-17-8-4-7-14-12(18)16-15-9(2)10-5-6-11(13)19-10/h5-6H,3-4,7-8H2,1-2H3,(H2,14,16,18)/b15-9-. The number of thiocarbonyl (C=S) groups is 1. The molecule has 0 spiro atoms. The summed E-state index contributed by atoms with van der Waals surface area (Å²) in [7, 11) is 0. The molecule has 19 heavy (non-hydrogen) atoms. The Bertz CT molecular complexity index is 434. The molecule has 0 atom stereocenters. The molecule has 0 unspecified atom stereocenters. The number of hydrogen-bond acceptors (Lipinski definition) is 4. The van der Waals surface area contributed by atoms with Gasteiger partial charge in [0.15, 0.2) is 5.11 Å². The average molecular weight is 364 g/mol. The van der Waals surface area contributed by atoms with Crippen LogP contribution in [-0.2, 0) is 4.74 Å². The van der Waals surface area contributed by atoms with E-state index in [1.807, 2.05) is 26.0 Å². The Kier molecular flexibility index (Phi) is 8.20. The Morgan fingerprint density at radius 2 is 2.32 bits per heavy atom. The Morgan fingerprint density at radius 1 is 1.53 bits per heavy atom. The lowest BCUT2D eigenvalue weighted by atomic mass is 10.3. The van der Waals surface area contributed by atoms with Crippen LogP contribution in [0.5, 0.6) is 0 Å². The maximum atomic E-state index is 5.24. The summed E-state index contributed by atoms with van der Waals surface area (Å²) in [6.07, 6.45) is 0.927. The molecule has 0 amide bonds. The largest absolute Gasteiger partial charge is 0.382 e. The van der Waals surface area contributed by atoms with Crippen molar-refractivity contribution < 1.29 is 4.74 Å². The van der Waals surface area contributed by atoms with Gasteiger partial charge >= 0.3 is 0 Å². The predicted molar refractivity (Wildman–Crippen MR) is 89.1 cm³/mol. The number of thiophene rings is 1. The minimum Gasteiger partial charge on any atom is -0.382 e. The van der Waals surface area contributed by atoms with Gasteiger partial charge in [-0.05, 0) is 60.5 Å². The highest BCUT2D eigenvalue weighted by Gasteiger charge is 2.01. The quantitative estimate of drug-likeness (QED) is 0.338. The lowest BCUT2D eigenvalue weighted by Gasteiger charge is -2.07. The SMILES string of the molecule is CCOCCCNC(=S)N/N=C(/C)c1ccc(Br)s1. The topological polar surface area (TPSA) is 45.6 Å². The van der Waals surface area contributed by atoms with E-state index in [-0.39, 0.29) is 0 Å². The fraction of sp³-hybridized carbons (Fsp3) is 0.500. The number of nitrogens with one attached hydrogen (secondary N) is 2. The monoisotopic (exact) mass is 363 g/mol. The van der Waals surface area contributed by atoms with Gasteiger partial charge in [-0.3, -0.25) is 5.43 Å². The Balaban J connectivity index is 2.25. The summed E-state index contributed by atoms with van der Waals surface area (Å²) in [6.45, 7) is 6.22. The maximum absolute atomic E-state index is 5.24. The molecule has 0 saturated carbocycles. The lowest BCUT2D eigenvalue weighted by molar-refractivity contribution is 0.145. The molecule has 0 bridgehead atoms. The van der Waals surface area contributed by atoms with Crippen molar-refractivity contribution in [3.8, 4) is 0 Å². The highest BCUT2D eigenvalue weighted by atomic mass is 79.9. The van der Waals surface area contributed by atoms with Crippen molar-refractivity contribution in [1.82, 2.24) is 10.7 Å². The van der Waals surface area contributed by atoms with Gasteiger partial charge in [-0.25, -0.2) is 0 Å². The summed E-state index contributed by atoms with van der Waals surface area (Å²) in [5.74, 6) is 0. The molecule has 0 radical (unpaired) electrons. The highest BCUT2D eigenvalue weighted by molar-refractivity contribution is 9.11. The van der Waals surface area contributed by atoms with Crippen molar-refractivity contribution in [3.05, 3.63) is 20.8 Å². The van der Waals surface area contributed by atoms with Crippen LogP contribution in [0.3, 0.4) is 0 Å². The van der Waals surface area contributed by atoms with Gasteiger partial charge in [-0.1, -0.05) is 0 Å². The zero-order valence-electron chi connectivity index (χ0n) is 11.0. The molecule has 1 aromatic rings. The number of nitrogens with zero attached hydrogens (tertiary/aromatic N) is 1. The Hall–Kier alpha value is -0.500. The van der Waals surface area contributed by atoms with E-state index in [9.17, 15) is 0 Å². The fourth-order valence-electron chi connectivity index (χ4n) is 1.26. The van der Waals surface area contributed by atoms with Crippen LogP contribution in [0.2, 0.25) is 0 Å². The minimum absolute atomic E-state index is 0.534. The molecule has 0 aliphatic rings. The second-order valence-corrected chi connectivity index (χ2v) is 6.59. The van der Waals surface area contributed by atoms with E-state index < -0.39 is 0 Å². The van der Waals surface area contributed by atoms with Crippen LogP contribution >= 0.6 is 39.5 Å². The molecular formula is C12H18BrN3OS2. The molecule has 0 saturated heterocycles. The van der Waals surface area contributed by atoms with Crippen LogP contribution in [0.4, 0.5) is 0 Å². The van der Waals surface area contributed by atoms with Crippen LogP contribution in [0.15, 0.2) is 21.0 Å². The van der Waals surface area contributed by atoms with Crippen molar-refractivity contribution in [2.75, 3.05) is 19.8 Å². The molecule has 0 aromatic carbocycles. The minimum atomic E-state index is 0.534. The van der Waals surface area contributed by atoms with Gasteiger partial charge in [0.1, 0.15) is 0 Å². The molecule has 2 N–H and O–H groups in total. The van der Waals surface area contributed by atoms with Crippen molar-refractivity contribution in [2.24, 2.45) is 5.10 Å². The molecule has 1 heterocycles. The van der Waals surface area contributed by atoms with Gasteiger partial charge in [0.25, 0.3) is 0 Å². The van der Waals surface area contributed by atoms with Crippen molar-refractivity contribution in [2.45, 2.75) is 20.3 Å². The molecule has 0 fully saturated rings. The number of hydrazone groups is 1. The van der Waals surface area contributed by atoms with E-state index in [2.05, 4.69) is 31.8 Å². The zero-order chi connectivity index (χ0) is 14.1. The van der Waals surface area contributed by atoms with Crippen LogP contribution in [0.25, 0.3) is 0 Å². The van der Waals surface area contributed by atoms with Gasteiger partial charge in [0, 0.05) is 19.8 Å². The van der Waals surface area contributed by atoms with E-state index >= 15 is 0 Å². The molecule has 0 aliphatic carbocycles. The van der Waals surface area contributed by atoms with Gasteiger partial charge in [0.2, 0.25) is 0 Å². The third-order valence-electron chi connectivity index (χ3n) is 2.21. The Labute approximate surface area is 131 Å². The van der Waals surface area contributed by atoms with Crippen LogP contribution < -0.4 is 10.7 Å². The van der Waals surface area contributed by atoms with Crippen molar-refractivity contribution >= 4 is 50.3 Å². The van der Waals surface area contributed by atoms with E-state index in [0.29, 0.717) is 5.11 Å². The van der Waals surface area contributed by atoms with Gasteiger partial charge < -0.3 is 10.1 Å². The van der Waals surface area contributed by atoms with Crippen LogP contribution in [0.1, 0.15) is 25.1 Å². The first kappa shape index (κ1) is 16.6. The summed E-state index contributed by atoms with van der Waals surface area (Å²) >= 11 is 10.2. The second kappa shape index (κ2) is 9.41. The van der Waals surface area contributed by atoms with E-state index in [0.717, 1.165) is 40.6 Å². The smallest absolute Gasteiger partial charge is 0.186 e. The molecule has 106 valence electrons. The first-order valence-corrected chi connectivity index (χ1v) is 8.07. The second-order valence-electron chi connectivity index (χ2n) is 3.72. The van der Waals surface area contributed by atoms with E-state index in [1.54, 1.807) is 11.3 Å². The summed E-state index contributed by atoms with van der Waals surface area (Å²) in [5, 5.41) is 7.86. The zero-order valence-corrected chi connectivity index (χ0v) is 14.3. The van der Waals surface area contributed by atoms with Gasteiger partial charge in [-0.15, -0.1) is 11.3 Å². The summed E-state index contributed by atoms with van der Waals surface area (Å²) in [4.78, 5) is 1.11. The molecule has 0 aliphatic heterocycles. The molecule has 1 rings (SSSR count).